The van der Waals surface area contributed by atoms with Gasteiger partial charge in [-0.2, -0.15) is 4.37 Å². The first-order chi connectivity index (χ1) is 15.8. The molecular weight excluding hydrogens is 450 g/mol. The highest BCUT2D eigenvalue weighted by Gasteiger charge is 2.26. The van der Waals surface area contributed by atoms with Gasteiger partial charge in [0, 0.05) is 25.6 Å². The van der Waals surface area contributed by atoms with Gasteiger partial charge in [-0.3, -0.25) is 9.59 Å². The predicted molar refractivity (Wildman–Crippen MR) is 121 cm³/mol. The smallest absolute Gasteiger partial charge is 0.271 e. The number of Topliss-reactive ketones (excluding diaryl/α,β-unsaturated/α-hetero) is 1. The van der Waals surface area contributed by atoms with E-state index >= 15 is 0 Å². The monoisotopic (exact) mass is 472 g/mol. The normalized spacial score (nSPS) is 16.0. The minimum absolute atomic E-state index is 0.0142. The van der Waals surface area contributed by atoms with Crippen LogP contribution in [0.1, 0.15) is 45.8 Å². The molecule has 3 N–H and O–H groups in total. The summed E-state index contributed by atoms with van der Waals surface area (Å²) in [4.78, 5) is 35.2. The summed E-state index contributed by atoms with van der Waals surface area (Å²) in [5, 5.41) is 3.76. The molecule has 1 aliphatic rings. The minimum Gasteiger partial charge on any atom is -0.364 e. The summed E-state index contributed by atoms with van der Waals surface area (Å²) >= 11 is 1.23. The van der Waals surface area contributed by atoms with Gasteiger partial charge in [-0.05, 0) is 55.4 Å². The van der Waals surface area contributed by atoms with Crippen LogP contribution in [0.3, 0.4) is 0 Å². The predicted octanol–water partition coefficient (Wildman–Crippen LogP) is 3.85. The quantitative estimate of drug-likeness (QED) is 0.502. The molecule has 1 saturated heterocycles. The number of anilines is 3. The summed E-state index contributed by atoms with van der Waals surface area (Å²) in [5.41, 5.74) is 6.19. The molecule has 0 aliphatic carbocycles. The van der Waals surface area contributed by atoms with Gasteiger partial charge >= 0.3 is 0 Å². The Hall–Kier alpha value is -3.47. The van der Waals surface area contributed by atoms with Gasteiger partial charge in [0.2, 0.25) is 0 Å². The maximum absolute atomic E-state index is 14.0. The lowest BCUT2D eigenvalue weighted by Gasteiger charge is -2.33. The average Bonchev–Trinajstić information content (AvgIpc) is 3.18. The lowest BCUT2D eigenvalue weighted by Crippen LogP contribution is -2.37. The number of carbonyl (C=O) groups is 2. The standard InChI is InChI=1S/C22H22F2N6O2S/c1-12-7-19(33-29-12)28-22-20(21(25)32)26-10-18(27-22)30-6-2-3-13(11-30)8-17(31)15-5-4-14(23)9-16(15)24/h4-5,7,9-10,13H,2-3,6,8,11H2,1H3,(H2,25,32)(H,27,28)/t13-/m0/s1. The van der Waals surface area contributed by atoms with Crippen molar-refractivity contribution in [3.8, 4) is 0 Å². The first-order valence-electron chi connectivity index (χ1n) is 10.4. The molecule has 3 heterocycles. The molecule has 1 fully saturated rings. The molecule has 1 aliphatic heterocycles. The molecule has 1 aromatic carbocycles. The molecule has 8 nitrogen and oxygen atoms in total. The van der Waals surface area contributed by atoms with Crippen molar-refractivity contribution in [3.63, 3.8) is 0 Å². The van der Waals surface area contributed by atoms with Crippen LogP contribution in [0.25, 0.3) is 0 Å². The number of hydrogen-bond donors (Lipinski definition) is 2. The molecule has 4 rings (SSSR count). The number of nitrogens with one attached hydrogen (secondary N) is 1. The van der Waals surface area contributed by atoms with Gasteiger partial charge in [0.05, 0.1) is 17.5 Å². The molecule has 3 aromatic rings. The van der Waals surface area contributed by atoms with E-state index in [1.807, 2.05) is 17.9 Å². The van der Waals surface area contributed by atoms with Crippen molar-refractivity contribution in [2.24, 2.45) is 11.7 Å². The number of nitrogens with zero attached hydrogens (tertiary/aromatic N) is 4. The SMILES string of the molecule is Cc1cc(Nc2nc(N3CCC[C@@H](CC(=O)c4ccc(F)cc4F)C3)cnc2C(N)=O)sn1. The van der Waals surface area contributed by atoms with Gasteiger partial charge in [-0.1, -0.05) is 0 Å². The maximum Gasteiger partial charge on any atom is 0.271 e. The fourth-order valence-electron chi connectivity index (χ4n) is 3.87. The topological polar surface area (TPSA) is 114 Å². The lowest BCUT2D eigenvalue weighted by molar-refractivity contribution is 0.0950. The fourth-order valence-corrected chi connectivity index (χ4v) is 4.53. The van der Waals surface area contributed by atoms with E-state index in [-0.39, 0.29) is 35.2 Å². The van der Waals surface area contributed by atoms with Crippen LogP contribution in [0.5, 0.6) is 0 Å². The van der Waals surface area contributed by atoms with Crippen LogP contribution in [-0.2, 0) is 0 Å². The maximum atomic E-state index is 14.0. The summed E-state index contributed by atoms with van der Waals surface area (Å²) in [5.74, 6) is -1.91. The largest absolute Gasteiger partial charge is 0.364 e. The zero-order valence-corrected chi connectivity index (χ0v) is 18.7. The van der Waals surface area contributed by atoms with E-state index in [1.165, 1.54) is 23.8 Å². The van der Waals surface area contributed by atoms with Crippen molar-refractivity contribution in [1.29, 1.82) is 0 Å². The van der Waals surface area contributed by atoms with Crippen LogP contribution < -0.4 is 16.0 Å². The van der Waals surface area contributed by atoms with E-state index < -0.39 is 17.5 Å². The molecule has 0 bridgehead atoms. The summed E-state index contributed by atoms with van der Waals surface area (Å²) < 4.78 is 31.3. The Morgan fingerprint density at radius 1 is 1.30 bits per heavy atom. The van der Waals surface area contributed by atoms with Crippen LogP contribution in [0.4, 0.5) is 25.4 Å². The number of rotatable bonds is 7. The number of aryl methyl sites for hydroxylation is 1. The highest BCUT2D eigenvalue weighted by atomic mass is 32.1. The minimum atomic E-state index is -0.852. The van der Waals surface area contributed by atoms with Crippen molar-refractivity contribution in [2.75, 3.05) is 23.3 Å². The van der Waals surface area contributed by atoms with Gasteiger partial charge in [0.25, 0.3) is 5.91 Å². The molecule has 11 heteroatoms. The van der Waals surface area contributed by atoms with Gasteiger partial charge < -0.3 is 16.0 Å². The van der Waals surface area contributed by atoms with Gasteiger partial charge in [0.1, 0.15) is 22.5 Å². The first kappa shape index (κ1) is 22.7. The Morgan fingerprint density at radius 3 is 2.82 bits per heavy atom. The zero-order valence-electron chi connectivity index (χ0n) is 17.8. The van der Waals surface area contributed by atoms with Crippen LogP contribution in [-0.4, -0.2) is 39.1 Å². The number of piperidine rings is 1. The Kier molecular flexibility index (Phi) is 6.59. The summed E-state index contributed by atoms with van der Waals surface area (Å²) in [6.07, 6.45) is 3.22. The summed E-state index contributed by atoms with van der Waals surface area (Å²) in [7, 11) is 0. The molecule has 0 saturated carbocycles. The average molecular weight is 473 g/mol. The number of ketones is 1. The third-order valence-corrected chi connectivity index (χ3v) is 6.21. The van der Waals surface area contributed by atoms with E-state index in [4.69, 9.17) is 5.73 Å². The van der Waals surface area contributed by atoms with E-state index in [2.05, 4.69) is 19.7 Å². The van der Waals surface area contributed by atoms with Gasteiger partial charge in [0.15, 0.2) is 17.3 Å². The van der Waals surface area contributed by atoms with Crippen LogP contribution >= 0.6 is 11.5 Å². The summed E-state index contributed by atoms with van der Waals surface area (Å²) in [6.45, 7) is 3.06. The highest BCUT2D eigenvalue weighted by molar-refractivity contribution is 7.10. The van der Waals surface area contributed by atoms with Crippen molar-refractivity contribution >= 4 is 39.9 Å². The van der Waals surface area contributed by atoms with E-state index in [9.17, 15) is 18.4 Å². The number of hydrogen-bond acceptors (Lipinski definition) is 8. The van der Waals surface area contributed by atoms with Gasteiger partial charge in [-0.15, -0.1) is 0 Å². The second-order valence-corrected chi connectivity index (χ2v) is 8.76. The van der Waals surface area contributed by atoms with E-state index in [0.717, 1.165) is 30.7 Å². The molecule has 33 heavy (non-hydrogen) atoms. The Balaban J connectivity index is 1.50. The van der Waals surface area contributed by atoms with Crippen LogP contribution in [0, 0.1) is 24.5 Å². The number of halogens is 2. The zero-order chi connectivity index (χ0) is 23.5. The molecule has 0 radical (unpaired) electrons. The molecule has 0 unspecified atom stereocenters. The molecule has 0 spiro atoms. The number of benzene rings is 1. The van der Waals surface area contributed by atoms with E-state index in [1.54, 1.807) is 0 Å². The van der Waals surface area contributed by atoms with Crippen molar-refractivity contribution in [2.45, 2.75) is 26.2 Å². The molecular formula is C22H22F2N6O2S. The molecule has 1 amide bonds. The first-order valence-corrected chi connectivity index (χ1v) is 11.2. The van der Waals surface area contributed by atoms with Crippen molar-refractivity contribution in [1.82, 2.24) is 14.3 Å². The molecule has 172 valence electrons. The third-order valence-electron chi connectivity index (χ3n) is 5.41. The number of aromatic nitrogens is 3. The highest BCUT2D eigenvalue weighted by Crippen LogP contribution is 2.28. The van der Waals surface area contributed by atoms with Crippen molar-refractivity contribution in [3.05, 3.63) is 59.0 Å². The third kappa shape index (κ3) is 5.30. The van der Waals surface area contributed by atoms with Crippen LogP contribution in [0.2, 0.25) is 0 Å². The Morgan fingerprint density at radius 2 is 2.12 bits per heavy atom. The Labute approximate surface area is 193 Å². The second kappa shape index (κ2) is 9.57. The lowest BCUT2D eigenvalue weighted by atomic mass is 9.91. The van der Waals surface area contributed by atoms with Crippen molar-refractivity contribution < 1.29 is 18.4 Å². The number of nitrogens with two attached hydrogens (primary N) is 1. The number of carbonyl (C=O) groups excluding carboxylic acids is 2. The second-order valence-electron chi connectivity index (χ2n) is 7.95. The van der Waals surface area contributed by atoms with E-state index in [0.29, 0.717) is 23.9 Å². The molecule has 1 atom stereocenters. The number of amides is 1. The molecule has 2 aromatic heterocycles. The Bertz CT molecular complexity index is 1200. The van der Waals surface area contributed by atoms with Gasteiger partial charge in [-0.25, -0.2) is 18.7 Å². The van der Waals surface area contributed by atoms with Crippen LogP contribution in [0.15, 0.2) is 30.5 Å². The number of primary amides is 1. The summed E-state index contributed by atoms with van der Waals surface area (Å²) in [6, 6.07) is 4.80. The fraction of sp³-hybridized carbons (Fsp3) is 0.318.